The van der Waals surface area contributed by atoms with E-state index >= 15 is 0 Å². The molecule has 0 N–H and O–H groups in total. The molecule has 0 atom stereocenters. The van der Waals surface area contributed by atoms with Crippen LogP contribution in [0.25, 0.3) is 21.8 Å². The Morgan fingerprint density at radius 3 is 2.27 bits per heavy atom. The van der Waals surface area contributed by atoms with Crippen LogP contribution in [-0.2, 0) is 13.1 Å². The first kappa shape index (κ1) is 14.9. The van der Waals surface area contributed by atoms with Gasteiger partial charge in [0.15, 0.2) is 0 Å². The van der Waals surface area contributed by atoms with Crippen molar-refractivity contribution in [2.45, 2.75) is 13.1 Å². The largest absolute Gasteiger partial charge is 0.341 e. The van der Waals surface area contributed by atoms with Gasteiger partial charge >= 0.3 is 0 Å². The maximum absolute atomic E-state index is 4.85. The fourth-order valence-corrected chi connectivity index (χ4v) is 3.46. The molecule has 4 nitrogen and oxygen atoms in total. The van der Waals surface area contributed by atoms with Crippen LogP contribution in [0, 0.1) is 0 Å². The molecule has 0 spiro atoms. The number of hydrogen-bond acceptors (Lipinski definition) is 2. The van der Waals surface area contributed by atoms with Gasteiger partial charge in [-0.15, -0.1) is 0 Å². The van der Waals surface area contributed by atoms with Gasteiger partial charge in [-0.2, -0.15) is 5.10 Å². The van der Waals surface area contributed by atoms with Crippen molar-refractivity contribution in [3.63, 3.8) is 0 Å². The summed E-state index contributed by atoms with van der Waals surface area (Å²) in [6.45, 7) is 1.44. The minimum Gasteiger partial charge on any atom is -0.341 e. The number of nitrogens with zero attached hydrogens (tertiary/aromatic N) is 4. The van der Waals surface area contributed by atoms with Gasteiger partial charge in [-0.1, -0.05) is 42.5 Å². The van der Waals surface area contributed by atoms with Gasteiger partial charge in [-0.05, 0) is 35.7 Å². The Bertz CT molecular complexity index is 1110. The number of hydrogen-bond donors (Lipinski definition) is 0. The molecular formula is C22H18N4. The highest BCUT2D eigenvalue weighted by atomic mass is 15.3. The van der Waals surface area contributed by atoms with Gasteiger partial charge in [0.2, 0.25) is 0 Å². The zero-order valence-electron chi connectivity index (χ0n) is 14.3. The van der Waals surface area contributed by atoms with Crippen molar-refractivity contribution in [1.29, 1.82) is 0 Å². The molecule has 0 aliphatic heterocycles. The minimum absolute atomic E-state index is 0.674. The third kappa shape index (κ3) is 2.65. The Labute approximate surface area is 151 Å². The van der Waals surface area contributed by atoms with Gasteiger partial charge in [0.25, 0.3) is 0 Å². The third-order valence-electron chi connectivity index (χ3n) is 4.74. The van der Waals surface area contributed by atoms with Crippen molar-refractivity contribution in [1.82, 2.24) is 19.3 Å². The molecule has 2 aromatic carbocycles. The topological polar surface area (TPSA) is 35.6 Å². The second-order valence-corrected chi connectivity index (χ2v) is 6.48. The Hall–Kier alpha value is -3.40. The van der Waals surface area contributed by atoms with Gasteiger partial charge < -0.3 is 4.57 Å². The number of para-hydroxylation sites is 2. The van der Waals surface area contributed by atoms with Crippen molar-refractivity contribution < 1.29 is 0 Å². The lowest BCUT2D eigenvalue weighted by molar-refractivity contribution is 0.688. The fraction of sp³-hybridized carbons (Fsp3) is 0.0909. The van der Waals surface area contributed by atoms with E-state index in [1.165, 1.54) is 10.9 Å². The SMILES string of the molecule is c1cc(Cn2ccc3ccccc32)nc(Cn2ncc3ccccc32)c1. The summed E-state index contributed by atoms with van der Waals surface area (Å²) in [5, 5.41) is 6.92. The van der Waals surface area contributed by atoms with E-state index in [4.69, 9.17) is 4.98 Å². The first-order chi connectivity index (χ1) is 12.9. The number of aromatic nitrogens is 4. The second-order valence-electron chi connectivity index (χ2n) is 6.48. The minimum atomic E-state index is 0.674. The summed E-state index contributed by atoms with van der Waals surface area (Å²) in [4.78, 5) is 4.85. The summed E-state index contributed by atoms with van der Waals surface area (Å²) < 4.78 is 4.25. The van der Waals surface area contributed by atoms with Crippen LogP contribution in [0.2, 0.25) is 0 Å². The first-order valence-electron chi connectivity index (χ1n) is 8.76. The van der Waals surface area contributed by atoms with Crippen LogP contribution in [0.5, 0.6) is 0 Å². The zero-order valence-corrected chi connectivity index (χ0v) is 14.3. The Kier molecular flexibility index (Phi) is 3.53. The average Bonchev–Trinajstić information content (AvgIpc) is 3.27. The van der Waals surface area contributed by atoms with E-state index < -0.39 is 0 Å². The molecule has 4 heteroatoms. The number of benzene rings is 2. The third-order valence-corrected chi connectivity index (χ3v) is 4.74. The monoisotopic (exact) mass is 338 g/mol. The van der Waals surface area contributed by atoms with E-state index in [0.29, 0.717) is 6.54 Å². The van der Waals surface area contributed by atoms with Crippen LogP contribution in [0.4, 0.5) is 0 Å². The average molecular weight is 338 g/mol. The normalized spacial score (nSPS) is 11.4. The smallest absolute Gasteiger partial charge is 0.0838 e. The molecule has 0 unspecified atom stereocenters. The van der Waals surface area contributed by atoms with E-state index in [9.17, 15) is 0 Å². The lowest BCUT2D eigenvalue weighted by Gasteiger charge is -2.08. The maximum Gasteiger partial charge on any atom is 0.0838 e. The van der Waals surface area contributed by atoms with Crippen LogP contribution in [-0.4, -0.2) is 19.3 Å². The quantitative estimate of drug-likeness (QED) is 0.484. The fourth-order valence-electron chi connectivity index (χ4n) is 3.46. The Balaban J connectivity index is 1.44. The lowest BCUT2D eigenvalue weighted by Crippen LogP contribution is -2.06. The Morgan fingerprint density at radius 2 is 1.38 bits per heavy atom. The van der Waals surface area contributed by atoms with E-state index in [1.54, 1.807) is 0 Å². The van der Waals surface area contributed by atoms with Crippen LogP contribution >= 0.6 is 0 Å². The zero-order chi connectivity index (χ0) is 17.3. The van der Waals surface area contributed by atoms with Crippen molar-refractivity contribution in [2.24, 2.45) is 0 Å². The summed E-state index contributed by atoms with van der Waals surface area (Å²) in [5.74, 6) is 0. The number of rotatable bonds is 4. The van der Waals surface area contributed by atoms with Gasteiger partial charge in [0, 0.05) is 17.1 Å². The summed E-state index contributed by atoms with van der Waals surface area (Å²) >= 11 is 0. The first-order valence-corrected chi connectivity index (χ1v) is 8.76. The van der Waals surface area contributed by atoms with Crippen LogP contribution in [0.3, 0.4) is 0 Å². The predicted molar refractivity (Wildman–Crippen MR) is 104 cm³/mol. The van der Waals surface area contributed by atoms with Crippen LogP contribution in [0.1, 0.15) is 11.4 Å². The maximum atomic E-state index is 4.85. The molecule has 3 heterocycles. The second kappa shape index (κ2) is 6.15. The van der Waals surface area contributed by atoms with E-state index in [1.807, 2.05) is 23.0 Å². The molecule has 0 saturated heterocycles. The number of fused-ring (bicyclic) bond motifs is 2. The predicted octanol–water partition coefficient (Wildman–Crippen LogP) is 4.48. The standard InChI is InChI=1S/C22H18N4/c1-3-10-21-17(6-1)12-13-25(21)15-19-8-5-9-20(24-19)16-26-22-11-4-2-7-18(22)14-23-26/h1-14H,15-16H2. The summed E-state index contributed by atoms with van der Waals surface area (Å²) in [6, 6.07) is 25.1. The highest BCUT2D eigenvalue weighted by Gasteiger charge is 2.06. The highest BCUT2D eigenvalue weighted by molar-refractivity contribution is 5.80. The van der Waals surface area contributed by atoms with Crippen molar-refractivity contribution in [3.8, 4) is 0 Å². The van der Waals surface area contributed by atoms with Crippen molar-refractivity contribution >= 4 is 21.8 Å². The molecule has 3 aromatic heterocycles. The molecular weight excluding hydrogens is 320 g/mol. The van der Waals surface area contributed by atoms with E-state index in [0.717, 1.165) is 28.8 Å². The van der Waals surface area contributed by atoms with Gasteiger partial charge in [0.1, 0.15) is 0 Å². The van der Waals surface area contributed by atoms with Crippen LogP contribution in [0.15, 0.2) is 85.2 Å². The lowest BCUT2D eigenvalue weighted by atomic mass is 10.2. The number of pyridine rings is 1. The van der Waals surface area contributed by atoms with E-state index in [2.05, 4.69) is 76.5 Å². The van der Waals surface area contributed by atoms with E-state index in [-0.39, 0.29) is 0 Å². The molecule has 0 amide bonds. The van der Waals surface area contributed by atoms with Gasteiger partial charge in [-0.25, -0.2) is 0 Å². The molecule has 126 valence electrons. The van der Waals surface area contributed by atoms with Crippen molar-refractivity contribution in [2.75, 3.05) is 0 Å². The van der Waals surface area contributed by atoms with Crippen molar-refractivity contribution in [3.05, 3.63) is 96.6 Å². The molecule has 0 radical (unpaired) electrons. The molecule has 0 bridgehead atoms. The molecule has 0 aliphatic rings. The van der Waals surface area contributed by atoms with Gasteiger partial charge in [-0.3, -0.25) is 9.67 Å². The summed E-state index contributed by atoms with van der Waals surface area (Å²) in [6.07, 6.45) is 4.03. The summed E-state index contributed by atoms with van der Waals surface area (Å²) in [7, 11) is 0. The molecule has 26 heavy (non-hydrogen) atoms. The van der Waals surface area contributed by atoms with Gasteiger partial charge in [0.05, 0.1) is 36.2 Å². The summed E-state index contributed by atoms with van der Waals surface area (Å²) in [5.41, 5.74) is 4.45. The molecule has 5 rings (SSSR count). The van der Waals surface area contributed by atoms with Crippen LogP contribution < -0.4 is 0 Å². The molecule has 0 fully saturated rings. The Morgan fingerprint density at radius 1 is 0.654 bits per heavy atom. The highest BCUT2D eigenvalue weighted by Crippen LogP contribution is 2.17. The molecule has 0 aliphatic carbocycles. The molecule has 5 aromatic rings. The molecule has 0 saturated carbocycles.